The molecular formula is C23H27N3S. The van der Waals surface area contributed by atoms with Gasteiger partial charge in [-0.3, -0.25) is 0 Å². The first-order valence-electron chi connectivity index (χ1n) is 9.99. The van der Waals surface area contributed by atoms with Gasteiger partial charge in [0, 0.05) is 10.9 Å². The first kappa shape index (κ1) is 18.2. The van der Waals surface area contributed by atoms with Crippen LogP contribution in [0.15, 0.2) is 42.5 Å². The van der Waals surface area contributed by atoms with Gasteiger partial charge in [-0.05, 0) is 74.0 Å². The van der Waals surface area contributed by atoms with Crippen LogP contribution < -0.4 is 5.73 Å². The maximum absolute atomic E-state index is 5.74. The van der Waals surface area contributed by atoms with Crippen molar-refractivity contribution in [3.8, 4) is 10.7 Å². The third kappa shape index (κ3) is 3.78. The van der Waals surface area contributed by atoms with Gasteiger partial charge in [-0.1, -0.05) is 31.5 Å². The first-order valence-corrected chi connectivity index (χ1v) is 10.8. The van der Waals surface area contributed by atoms with Crippen LogP contribution >= 0.6 is 11.3 Å². The predicted molar refractivity (Wildman–Crippen MR) is 118 cm³/mol. The number of hydrogen-bond donors (Lipinski definition) is 2. The molecule has 0 radical (unpaired) electrons. The Morgan fingerprint density at radius 1 is 1.04 bits per heavy atom. The van der Waals surface area contributed by atoms with Gasteiger partial charge in [0.25, 0.3) is 0 Å². The summed E-state index contributed by atoms with van der Waals surface area (Å²) in [5, 5.41) is 2.44. The summed E-state index contributed by atoms with van der Waals surface area (Å²) < 4.78 is 1.24. The van der Waals surface area contributed by atoms with Gasteiger partial charge >= 0.3 is 0 Å². The van der Waals surface area contributed by atoms with Crippen molar-refractivity contribution < 1.29 is 0 Å². The third-order valence-corrected chi connectivity index (χ3v) is 6.23. The number of aryl methyl sites for hydroxylation is 2. The molecule has 0 spiro atoms. The zero-order valence-corrected chi connectivity index (χ0v) is 16.7. The van der Waals surface area contributed by atoms with E-state index in [0.717, 1.165) is 42.8 Å². The van der Waals surface area contributed by atoms with Crippen molar-refractivity contribution in [3.63, 3.8) is 0 Å². The van der Waals surface area contributed by atoms with E-state index < -0.39 is 0 Å². The Morgan fingerprint density at radius 2 is 1.93 bits per heavy atom. The summed E-state index contributed by atoms with van der Waals surface area (Å²) in [6, 6.07) is 15.3. The Morgan fingerprint density at radius 3 is 2.74 bits per heavy atom. The summed E-state index contributed by atoms with van der Waals surface area (Å²) in [7, 11) is 0. The van der Waals surface area contributed by atoms with E-state index in [1.54, 1.807) is 11.3 Å². The molecule has 0 aliphatic heterocycles. The number of aromatic nitrogens is 2. The second kappa shape index (κ2) is 8.24. The van der Waals surface area contributed by atoms with Crippen molar-refractivity contribution in [1.29, 1.82) is 0 Å². The van der Waals surface area contributed by atoms with Crippen molar-refractivity contribution >= 4 is 32.5 Å². The van der Waals surface area contributed by atoms with Crippen LogP contribution in [-0.4, -0.2) is 16.5 Å². The van der Waals surface area contributed by atoms with E-state index in [2.05, 4.69) is 54.4 Å². The molecular weight excluding hydrogens is 350 g/mol. The lowest BCUT2D eigenvalue weighted by atomic mass is 10.0. The van der Waals surface area contributed by atoms with Gasteiger partial charge in [0.2, 0.25) is 0 Å². The van der Waals surface area contributed by atoms with E-state index in [4.69, 9.17) is 10.7 Å². The van der Waals surface area contributed by atoms with Gasteiger partial charge in [0.15, 0.2) is 0 Å². The average Bonchev–Trinajstić information content (AvgIpc) is 3.27. The SMILES string of the molecule is CCCCc1ccc2[nH]c(-c3nc4ccccc4s3)c(CCCCN)c2c1. The molecule has 0 unspecified atom stereocenters. The van der Waals surface area contributed by atoms with Crippen LogP contribution in [0.5, 0.6) is 0 Å². The van der Waals surface area contributed by atoms with E-state index >= 15 is 0 Å². The molecule has 0 aliphatic rings. The Labute approximate surface area is 164 Å². The molecule has 4 aromatic rings. The van der Waals surface area contributed by atoms with Gasteiger partial charge in [-0.15, -0.1) is 11.3 Å². The van der Waals surface area contributed by atoms with Gasteiger partial charge in [-0.2, -0.15) is 0 Å². The topological polar surface area (TPSA) is 54.7 Å². The lowest BCUT2D eigenvalue weighted by molar-refractivity contribution is 0.748. The van der Waals surface area contributed by atoms with Crippen LogP contribution in [0.4, 0.5) is 0 Å². The van der Waals surface area contributed by atoms with Gasteiger partial charge < -0.3 is 10.7 Å². The molecule has 3 nitrogen and oxygen atoms in total. The summed E-state index contributed by atoms with van der Waals surface area (Å²) in [5.74, 6) is 0. The first-order chi connectivity index (χ1) is 13.3. The lowest BCUT2D eigenvalue weighted by Gasteiger charge is -2.04. The standard InChI is InChI=1S/C23H27N3S/c1-2-3-8-16-12-13-19-18(15-16)17(9-6-7-14-24)22(25-19)23-26-20-10-4-5-11-21(20)27-23/h4-5,10-13,15,25H,2-3,6-9,14,24H2,1H3. The summed E-state index contributed by atoms with van der Waals surface area (Å²) in [5.41, 5.74) is 12.1. The van der Waals surface area contributed by atoms with Crippen LogP contribution in [0.1, 0.15) is 43.7 Å². The molecule has 3 N–H and O–H groups in total. The Balaban J connectivity index is 1.80. The number of H-pyrrole nitrogens is 1. The highest BCUT2D eigenvalue weighted by Gasteiger charge is 2.16. The molecule has 0 saturated carbocycles. The molecule has 0 atom stereocenters. The number of nitrogens with one attached hydrogen (secondary N) is 1. The quantitative estimate of drug-likeness (QED) is 0.366. The molecule has 2 aromatic carbocycles. The van der Waals surface area contributed by atoms with E-state index in [9.17, 15) is 0 Å². The van der Waals surface area contributed by atoms with Crippen molar-refractivity contribution in [2.75, 3.05) is 6.54 Å². The summed E-state index contributed by atoms with van der Waals surface area (Å²) >= 11 is 1.77. The van der Waals surface area contributed by atoms with Crippen LogP contribution in [0.2, 0.25) is 0 Å². The van der Waals surface area contributed by atoms with Crippen molar-refractivity contribution in [2.24, 2.45) is 5.73 Å². The minimum Gasteiger partial charge on any atom is -0.352 e. The minimum atomic E-state index is 0.751. The fraction of sp³-hybridized carbons (Fsp3) is 0.348. The number of nitrogens with two attached hydrogens (primary N) is 1. The second-order valence-corrected chi connectivity index (χ2v) is 8.23. The number of nitrogens with zero attached hydrogens (tertiary/aromatic N) is 1. The highest BCUT2D eigenvalue weighted by molar-refractivity contribution is 7.21. The second-order valence-electron chi connectivity index (χ2n) is 7.19. The Bertz CT molecular complexity index is 1010. The maximum Gasteiger partial charge on any atom is 0.141 e. The Kier molecular flexibility index (Phi) is 5.55. The molecule has 4 heteroatoms. The largest absolute Gasteiger partial charge is 0.352 e. The molecule has 2 aromatic heterocycles. The summed E-state index contributed by atoms with van der Waals surface area (Å²) in [4.78, 5) is 8.57. The predicted octanol–water partition coefficient (Wildman–Crippen LogP) is 6.07. The number of thiazole rings is 1. The molecule has 4 rings (SSSR count). The zero-order valence-electron chi connectivity index (χ0n) is 15.9. The molecule has 0 aliphatic carbocycles. The average molecular weight is 378 g/mol. The zero-order chi connectivity index (χ0) is 18.6. The molecule has 2 heterocycles. The normalized spacial score (nSPS) is 11.6. The minimum absolute atomic E-state index is 0.751. The fourth-order valence-electron chi connectivity index (χ4n) is 3.70. The number of benzene rings is 2. The van der Waals surface area contributed by atoms with Gasteiger partial charge in [0.05, 0.1) is 15.9 Å². The number of hydrogen-bond acceptors (Lipinski definition) is 3. The van der Waals surface area contributed by atoms with E-state index in [0.29, 0.717) is 0 Å². The lowest BCUT2D eigenvalue weighted by Crippen LogP contribution is -1.99. The fourth-order valence-corrected chi connectivity index (χ4v) is 4.69. The number of aromatic amines is 1. The van der Waals surface area contributed by atoms with Gasteiger partial charge in [0.1, 0.15) is 5.01 Å². The molecule has 0 saturated heterocycles. The van der Waals surface area contributed by atoms with Crippen LogP contribution in [-0.2, 0) is 12.8 Å². The number of fused-ring (bicyclic) bond motifs is 2. The number of rotatable bonds is 8. The van der Waals surface area contributed by atoms with E-state index in [1.165, 1.54) is 45.3 Å². The molecule has 27 heavy (non-hydrogen) atoms. The number of para-hydroxylation sites is 1. The van der Waals surface area contributed by atoms with Crippen LogP contribution in [0.3, 0.4) is 0 Å². The van der Waals surface area contributed by atoms with Gasteiger partial charge in [-0.25, -0.2) is 4.98 Å². The van der Waals surface area contributed by atoms with E-state index in [-0.39, 0.29) is 0 Å². The molecule has 140 valence electrons. The third-order valence-electron chi connectivity index (χ3n) is 5.18. The van der Waals surface area contributed by atoms with Crippen molar-refractivity contribution in [1.82, 2.24) is 9.97 Å². The van der Waals surface area contributed by atoms with Crippen LogP contribution in [0.25, 0.3) is 31.8 Å². The summed E-state index contributed by atoms with van der Waals surface area (Å²) in [6.45, 7) is 3.00. The van der Waals surface area contributed by atoms with Crippen molar-refractivity contribution in [3.05, 3.63) is 53.6 Å². The highest BCUT2D eigenvalue weighted by Crippen LogP contribution is 2.36. The Hall–Kier alpha value is -2.17. The van der Waals surface area contributed by atoms with Crippen LogP contribution in [0, 0.1) is 0 Å². The van der Waals surface area contributed by atoms with Crippen molar-refractivity contribution in [2.45, 2.75) is 45.4 Å². The summed E-state index contributed by atoms with van der Waals surface area (Å²) in [6.07, 6.45) is 6.83. The molecule has 0 amide bonds. The smallest absolute Gasteiger partial charge is 0.141 e. The molecule has 0 fully saturated rings. The van der Waals surface area contributed by atoms with E-state index in [1.807, 2.05) is 0 Å². The number of unbranched alkanes of at least 4 members (excludes halogenated alkanes) is 2. The maximum atomic E-state index is 5.74. The molecule has 0 bridgehead atoms. The monoisotopic (exact) mass is 377 g/mol. The highest BCUT2D eigenvalue weighted by atomic mass is 32.1.